The lowest BCUT2D eigenvalue weighted by Crippen LogP contribution is -2.33. The maximum atomic E-state index is 12.5. The van der Waals surface area contributed by atoms with Crippen molar-refractivity contribution in [2.24, 2.45) is 0 Å². The third-order valence-corrected chi connectivity index (χ3v) is 5.39. The quantitative estimate of drug-likeness (QED) is 0.460. The van der Waals surface area contributed by atoms with Crippen LogP contribution in [0.15, 0.2) is 59.6 Å². The van der Waals surface area contributed by atoms with E-state index in [1.54, 1.807) is 19.2 Å². The molecule has 0 amide bonds. The Morgan fingerprint density at radius 1 is 1.04 bits per heavy atom. The first-order valence-electron chi connectivity index (χ1n) is 8.59. The minimum absolute atomic E-state index is 0.0907. The lowest BCUT2D eigenvalue weighted by atomic mass is 10.1. The number of alkyl halides is 3. The summed E-state index contributed by atoms with van der Waals surface area (Å²) in [4.78, 5) is 0.193. The van der Waals surface area contributed by atoms with Gasteiger partial charge in [0.15, 0.2) is 5.69 Å². The van der Waals surface area contributed by atoms with Gasteiger partial charge in [-0.3, -0.25) is 0 Å². The Hall–Kier alpha value is -2.41. The molecule has 3 nitrogen and oxygen atoms in total. The van der Waals surface area contributed by atoms with E-state index in [1.165, 1.54) is 12.1 Å². The number of imidazole rings is 1. The number of thioether (sulfide) groups is 1. The Morgan fingerprint density at radius 3 is 2.37 bits per heavy atom. The Bertz CT molecular complexity index is 947. The van der Waals surface area contributed by atoms with Gasteiger partial charge in [-0.15, -0.1) is 0 Å². The molecular formula is C20H18F3N2OS+. The minimum Gasteiger partial charge on any atom is -0.497 e. The molecule has 1 aliphatic rings. The molecule has 0 fully saturated rings. The van der Waals surface area contributed by atoms with Gasteiger partial charge in [0, 0.05) is 10.5 Å². The number of halogens is 3. The molecule has 3 aromatic rings. The first-order valence-corrected chi connectivity index (χ1v) is 9.41. The average molecular weight is 391 g/mol. The SMILES string of the molecule is COc1ccc(-c2cn(-c3ccc(SC(F)(F)F)cc3)c3[n+]2CCC3)cc1. The van der Waals surface area contributed by atoms with Crippen LogP contribution in [0.4, 0.5) is 13.2 Å². The smallest absolute Gasteiger partial charge is 0.446 e. The summed E-state index contributed by atoms with van der Waals surface area (Å²) >= 11 is -0.0907. The number of aromatic nitrogens is 2. The van der Waals surface area contributed by atoms with E-state index in [0.717, 1.165) is 47.9 Å². The van der Waals surface area contributed by atoms with Gasteiger partial charge >= 0.3 is 5.51 Å². The van der Waals surface area contributed by atoms with Crippen LogP contribution >= 0.6 is 11.8 Å². The summed E-state index contributed by atoms with van der Waals surface area (Å²) < 4.78 is 47.2. The third-order valence-electron chi connectivity index (χ3n) is 4.65. The fraction of sp³-hybridized carbons (Fsp3) is 0.250. The Morgan fingerprint density at radius 2 is 1.74 bits per heavy atom. The van der Waals surface area contributed by atoms with Crippen LogP contribution in [0.25, 0.3) is 16.9 Å². The van der Waals surface area contributed by atoms with E-state index >= 15 is 0 Å². The van der Waals surface area contributed by atoms with Gasteiger partial charge in [0.2, 0.25) is 0 Å². The molecule has 4 rings (SSSR count). The molecular weight excluding hydrogens is 373 g/mol. The van der Waals surface area contributed by atoms with Crippen LogP contribution in [0, 0.1) is 0 Å². The van der Waals surface area contributed by atoms with E-state index in [1.807, 2.05) is 24.3 Å². The van der Waals surface area contributed by atoms with Gasteiger partial charge < -0.3 is 4.74 Å². The van der Waals surface area contributed by atoms with Crippen molar-refractivity contribution < 1.29 is 22.5 Å². The summed E-state index contributed by atoms with van der Waals surface area (Å²) in [6.07, 6.45) is 4.05. The number of benzene rings is 2. The highest BCUT2D eigenvalue weighted by Gasteiger charge is 2.31. The molecule has 2 heterocycles. The maximum absolute atomic E-state index is 12.5. The van der Waals surface area contributed by atoms with Crippen molar-refractivity contribution in [3.63, 3.8) is 0 Å². The summed E-state index contributed by atoms with van der Waals surface area (Å²) in [7, 11) is 1.64. The minimum atomic E-state index is -4.27. The molecule has 0 saturated carbocycles. The van der Waals surface area contributed by atoms with Gasteiger partial charge in [0.25, 0.3) is 5.82 Å². The molecule has 2 aromatic carbocycles. The second kappa shape index (κ2) is 6.96. The number of fused-ring (bicyclic) bond motifs is 1. The van der Waals surface area contributed by atoms with E-state index in [2.05, 4.69) is 15.3 Å². The van der Waals surface area contributed by atoms with Crippen LogP contribution in [0.5, 0.6) is 5.75 Å². The van der Waals surface area contributed by atoms with Crippen molar-refractivity contribution in [3.05, 3.63) is 60.6 Å². The summed E-state index contributed by atoms with van der Waals surface area (Å²) in [5.74, 6) is 1.97. The number of methoxy groups -OCH3 is 1. The molecule has 0 bridgehead atoms. The molecule has 0 spiro atoms. The van der Waals surface area contributed by atoms with Crippen LogP contribution in [0.1, 0.15) is 12.2 Å². The second-order valence-electron chi connectivity index (χ2n) is 6.33. The fourth-order valence-corrected chi connectivity index (χ4v) is 4.00. The van der Waals surface area contributed by atoms with Crippen molar-refractivity contribution in [3.8, 4) is 22.7 Å². The average Bonchev–Trinajstić information content (AvgIpc) is 3.24. The molecule has 0 saturated heterocycles. The molecule has 7 heteroatoms. The van der Waals surface area contributed by atoms with Crippen LogP contribution < -0.4 is 9.30 Å². The lowest BCUT2D eigenvalue weighted by Gasteiger charge is -2.05. The van der Waals surface area contributed by atoms with E-state index in [4.69, 9.17) is 4.74 Å². The topological polar surface area (TPSA) is 18.0 Å². The second-order valence-corrected chi connectivity index (χ2v) is 7.46. The van der Waals surface area contributed by atoms with E-state index < -0.39 is 5.51 Å². The third kappa shape index (κ3) is 3.69. The van der Waals surface area contributed by atoms with Gasteiger partial charge in [-0.1, -0.05) is 0 Å². The molecule has 0 atom stereocenters. The standard InChI is InChI=1S/C20H18F3N2OS/c1-26-16-8-4-14(5-9-16)18-13-25(19-3-2-12-24(18)19)15-6-10-17(11-7-15)27-20(21,22)23/h4-11,13H,2-3,12H2,1H3/q+1. The molecule has 27 heavy (non-hydrogen) atoms. The fourth-order valence-electron chi connectivity index (χ4n) is 3.46. The zero-order valence-electron chi connectivity index (χ0n) is 14.7. The molecule has 1 aliphatic heterocycles. The van der Waals surface area contributed by atoms with Gasteiger partial charge in [0.1, 0.15) is 17.6 Å². The van der Waals surface area contributed by atoms with Crippen LogP contribution in [-0.4, -0.2) is 17.2 Å². The maximum Gasteiger partial charge on any atom is 0.446 e. The van der Waals surface area contributed by atoms with Crippen molar-refractivity contribution in [1.82, 2.24) is 4.57 Å². The highest BCUT2D eigenvalue weighted by Crippen LogP contribution is 2.37. The Kier molecular flexibility index (Phi) is 4.63. The molecule has 140 valence electrons. The predicted octanol–water partition coefficient (Wildman–Crippen LogP) is 5.00. The number of nitrogens with zero attached hydrogens (tertiary/aromatic N) is 2. The molecule has 1 aromatic heterocycles. The van der Waals surface area contributed by atoms with Crippen LogP contribution in [-0.2, 0) is 13.0 Å². The number of ether oxygens (including phenoxy) is 1. The van der Waals surface area contributed by atoms with Gasteiger partial charge in [-0.2, -0.15) is 17.7 Å². The van der Waals surface area contributed by atoms with E-state index in [9.17, 15) is 13.2 Å². The Labute approximate surface area is 159 Å². The van der Waals surface area contributed by atoms with Crippen molar-refractivity contribution >= 4 is 11.8 Å². The first kappa shape index (κ1) is 18.0. The predicted molar refractivity (Wildman–Crippen MR) is 98.2 cm³/mol. The molecule has 0 radical (unpaired) electrons. The monoisotopic (exact) mass is 391 g/mol. The number of hydrogen-bond acceptors (Lipinski definition) is 2. The lowest BCUT2D eigenvalue weighted by molar-refractivity contribution is -0.679. The van der Waals surface area contributed by atoms with Crippen LogP contribution in [0.3, 0.4) is 0 Å². The normalized spacial score (nSPS) is 13.6. The van der Waals surface area contributed by atoms with Crippen molar-refractivity contribution in [2.75, 3.05) is 7.11 Å². The zero-order valence-corrected chi connectivity index (χ0v) is 15.5. The summed E-state index contributed by atoms with van der Waals surface area (Å²) in [5, 5.41) is 0. The van der Waals surface area contributed by atoms with Crippen molar-refractivity contribution in [1.29, 1.82) is 0 Å². The summed E-state index contributed by atoms with van der Waals surface area (Å²) in [6.45, 7) is 0.936. The number of rotatable bonds is 4. The summed E-state index contributed by atoms with van der Waals surface area (Å²) in [6, 6.07) is 14.4. The Balaban J connectivity index is 1.70. The summed E-state index contributed by atoms with van der Waals surface area (Å²) in [5.41, 5.74) is -1.22. The highest BCUT2D eigenvalue weighted by molar-refractivity contribution is 8.00. The molecule has 0 N–H and O–H groups in total. The first-order chi connectivity index (χ1) is 12.9. The molecule has 0 aliphatic carbocycles. The van der Waals surface area contributed by atoms with Gasteiger partial charge in [-0.05, 0) is 66.7 Å². The molecule has 0 unspecified atom stereocenters. The van der Waals surface area contributed by atoms with Crippen LogP contribution in [0.2, 0.25) is 0 Å². The van der Waals surface area contributed by atoms with Gasteiger partial charge in [-0.25, -0.2) is 4.57 Å². The van der Waals surface area contributed by atoms with E-state index in [-0.39, 0.29) is 16.7 Å². The number of hydrogen-bond donors (Lipinski definition) is 0. The van der Waals surface area contributed by atoms with Gasteiger partial charge in [0.05, 0.1) is 20.1 Å². The van der Waals surface area contributed by atoms with E-state index in [0.29, 0.717) is 0 Å². The largest absolute Gasteiger partial charge is 0.497 e. The van der Waals surface area contributed by atoms with Crippen molar-refractivity contribution in [2.45, 2.75) is 29.8 Å². The zero-order chi connectivity index (χ0) is 19.0. The highest BCUT2D eigenvalue weighted by atomic mass is 32.2.